The second-order valence-electron chi connectivity index (χ2n) is 8.58. The van der Waals surface area contributed by atoms with E-state index in [-0.39, 0.29) is 5.91 Å². The molecule has 160 valence electrons. The first-order valence-corrected chi connectivity index (χ1v) is 10.8. The Hall–Kier alpha value is -3.21. The lowest BCUT2D eigenvalue weighted by molar-refractivity contribution is -0.123. The van der Waals surface area contributed by atoms with Crippen LogP contribution in [0.5, 0.6) is 0 Å². The van der Waals surface area contributed by atoms with Crippen molar-refractivity contribution in [3.05, 3.63) is 70.4 Å². The SMILES string of the molecule is Cc1cccc(C)c1NC(=O)[C@@H](C)OC(=O)c1c2c(nc3ccccc13)CC[C@H](C)C2. The molecule has 5 heteroatoms. The number of carbonyl (C=O) groups excluding carboxylic acids is 2. The normalized spacial score (nSPS) is 16.5. The number of rotatable bonds is 4. The Bertz CT molecular complexity index is 1150. The summed E-state index contributed by atoms with van der Waals surface area (Å²) in [6, 6.07) is 13.5. The van der Waals surface area contributed by atoms with Gasteiger partial charge >= 0.3 is 5.97 Å². The van der Waals surface area contributed by atoms with Crippen LogP contribution < -0.4 is 5.32 Å². The van der Waals surface area contributed by atoms with E-state index in [9.17, 15) is 9.59 Å². The molecular weight excluding hydrogens is 388 g/mol. The Balaban J connectivity index is 1.62. The lowest BCUT2D eigenvalue weighted by Gasteiger charge is -2.24. The molecule has 1 aromatic heterocycles. The zero-order valence-electron chi connectivity index (χ0n) is 18.5. The molecule has 31 heavy (non-hydrogen) atoms. The number of nitrogens with zero attached hydrogens (tertiary/aromatic N) is 1. The highest BCUT2D eigenvalue weighted by Gasteiger charge is 2.28. The van der Waals surface area contributed by atoms with E-state index >= 15 is 0 Å². The van der Waals surface area contributed by atoms with Crippen LogP contribution in [-0.4, -0.2) is 23.0 Å². The average Bonchev–Trinajstić information content (AvgIpc) is 2.74. The summed E-state index contributed by atoms with van der Waals surface area (Å²) in [5.41, 5.74) is 5.97. The topological polar surface area (TPSA) is 68.3 Å². The van der Waals surface area contributed by atoms with Gasteiger partial charge in [0.15, 0.2) is 6.10 Å². The van der Waals surface area contributed by atoms with Gasteiger partial charge in [0.25, 0.3) is 5.91 Å². The van der Waals surface area contributed by atoms with Crippen LogP contribution in [0.3, 0.4) is 0 Å². The van der Waals surface area contributed by atoms with Gasteiger partial charge in [0.1, 0.15) is 0 Å². The molecule has 0 saturated heterocycles. The second kappa shape index (κ2) is 8.50. The van der Waals surface area contributed by atoms with Crippen molar-refractivity contribution in [2.75, 3.05) is 5.32 Å². The van der Waals surface area contributed by atoms with E-state index in [1.54, 1.807) is 6.92 Å². The Kier molecular flexibility index (Phi) is 5.77. The van der Waals surface area contributed by atoms with E-state index in [4.69, 9.17) is 9.72 Å². The van der Waals surface area contributed by atoms with E-state index < -0.39 is 12.1 Å². The lowest BCUT2D eigenvalue weighted by Crippen LogP contribution is -2.31. The molecule has 3 aromatic rings. The van der Waals surface area contributed by atoms with Gasteiger partial charge in [0.05, 0.1) is 11.1 Å². The van der Waals surface area contributed by atoms with E-state index in [2.05, 4.69) is 12.2 Å². The number of fused-ring (bicyclic) bond motifs is 2. The lowest BCUT2D eigenvalue weighted by atomic mass is 9.84. The van der Waals surface area contributed by atoms with E-state index in [0.717, 1.165) is 58.2 Å². The monoisotopic (exact) mass is 416 g/mol. The molecule has 1 N–H and O–H groups in total. The molecule has 0 spiro atoms. The molecule has 0 aliphatic heterocycles. The quantitative estimate of drug-likeness (QED) is 0.597. The summed E-state index contributed by atoms with van der Waals surface area (Å²) in [7, 11) is 0. The third-order valence-corrected chi connectivity index (χ3v) is 6.09. The number of hydrogen-bond donors (Lipinski definition) is 1. The van der Waals surface area contributed by atoms with Crippen molar-refractivity contribution >= 4 is 28.5 Å². The number of aromatic nitrogens is 1. The molecule has 1 aliphatic carbocycles. The summed E-state index contributed by atoms with van der Waals surface area (Å²) in [4.78, 5) is 30.9. The summed E-state index contributed by atoms with van der Waals surface area (Å²) in [6.07, 6.45) is 1.78. The molecule has 2 atom stereocenters. The molecule has 1 heterocycles. The fourth-order valence-electron chi connectivity index (χ4n) is 4.31. The first kappa shape index (κ1) is 21.0. The van der Waals surface area contributed by atoms with Crippen molar-refractivity contribution in [2.45, 2.75) is 53.1 Å². The molecule has 0 fully saturated rings. The number of para-hydroxylation sites is 2. The van der Waals surface area contributed by atoms with Crippen LogP contribution in [0.2, 0.25) is 0 Å². The van der Waals surface area contributed by atoms with Crippen LogP contribution in [0.1, 0.15) is 53.0 Å². The number of anilines is 1. The molecule has 0 bridgehead atoms. The third kappa shape index (κ3) is 4.18. The molecule has 1 aliphatic rings. The van der Waals surface area contributed by atoms with Gasteiger partial charge in [-0.1, -0.05) is 43.3 Å². The number of pyridine rings is 1. The van der Waals surface area contributed by atoms with Crippen molar-refractivity contribution in [2.24, 2.45) is 5.92 Å². The van der Waals surface area contributed by atoms with Gasteiger partial charge < -0.3 is 10.1 Å². The van der Waals surface area contributed by atoms with Gasteiger partial charge in [-0.25, -0.2) is 4.79 Å². The zero-order valence-corrected chi connectivity index (χ0v) is 18.5. The zero-order chi connectivity index (χ0) is 22.1. The summed E-state index contributed by atoms with van der Waals surface area (Å²) < 4.78 is 5.68. The molecule has 5 nitrogen and oxygen atoms in total. The number of aryl methyl sites for hydroxylation is 3. The number of carbonyl (C=O) groups is 2. The van der Waals surface area contributed by atoms with Crippen LogP contribution in [0.25, 0.3) is 10.9 Å². The van der Waals surface area contributed by atoms with Crippen molar-refractivity contribution in [1.82, 2.24) is 4.98 Å². The Labute approximate surface area is 182 Å². The van der Waals surface area contributed by atoms with Crippen molar-refractivity contribution < 1.29 is 14.3 Å². The largest absolute Gasteiger partial charge is 0.449 e. The molecule has 0 unspecified atom stereocenters. The van der Waals surface area contributed by atoms with Crippen molar-refractivity contribution in [3.8, 4) is 0 Å². The predicted octanol–water partition coefficient (Wildman–Crippen LogP) is 5.16. The third-order valence-electron chi connectivity index (χ3n) is 6.09. The molecule has 0 radical (unpaired) electrons. The summed E-state index contributed by atoms with van der Waals surface area (Å²) in [5.74, 6) is -0.328. The van der Waals surface area contributed by atoms with Crippen LogP contribution in [0.4, 0.5) is 5.69 Å². The first-order chi connectivity index (χ1) is 14.8. The summed E-state index contributed by atoms with van der Waals surface area (Å²) in [6.45, 7) is 7.68. The number of benzene rings is 2. The Morgan fingerprint density at radius 1 is 1.10 bits per heavy atom. The van der Waals surface area contributed by atoms with Crippen molar-refractivity contribution in [3.63, 3.8) is 0 Å². The highest BCUT2D eigenvalue weighted by Crippen LogP contribution is 2.32. The van der Waals surface area contributed by atoms with Crippen LogP contribution >= 0.6 is 0 Å². The maximum absolute atomic E-state index is 13.3. The highest BCUT2D eigenvalue weighted by molar-refractivity contribution is 6.06. The predicted molar refractivity (Wildman–Crippen MR) is 122 cm³/mol. The standard InChI is InChI=1S/C26H28N2O3/c1-15-12-13-22-20(14-15)23(19-10-5-6-11-21(19)27-22)26(30)31-18(4)25(29)28-24-16(2)8-7-9-17(24)3/h5-11,15,18H,12-14H2,1-4H3,(H,28,29)/t15-,18+/m0/s1. The number of hydrogen-bond acceptors (Lipinski definition) is 4. The van der Waals surface area contributed by atoms with Gasteiger partial charge in [-0.3, -0.25) is 9.78 Å². The number of nitrogens with one attached hydrogen (secondary N) is 1. The maximum atomic E-state index is 13.3. The second-order valence-corrected chi connectivity index (χ2v) is 8.58. The Morgan fingerprint density at radius 3 is 2.55 bits per heavy atom. The molecule has 0 saturated carbocycles. The maximum Gasteiger partial charge on any atom is 0.339 e. The Morgan fingerprint density at radius 2 is 1.81 bits per heavy atom. The molecule has 1 amide bonds. The average molecular weight is 417 g/mol. The fourth-order valence-corrected chi connectivity index (χ4v) is 4.31. The summed E-state index contributed by atoms with van der Waals surface area (Å²) >= 11 is 0. The minimum atomic E-state index is -0.921. The van der Waals surface area contributed by atoms with Gasteiger partial charge in [0, 0.05) is 16.8 Å². The number of ether oxygens (including phenoxy) is 1. The van der Waals surface area contributed by atoms with Crippen LogP contribution in [0.15, 0.2) is 42.5 Å². The highest BCUT2D eigenvalue weighted by atomic mass is 16.5. The van der Waals surface area contributed by atoms with Gasteiger partial charge in [-0.15, -0.1) is 0 Å². The first-order valence-electron chi connectivity index (χ1n) is 10.8. The number of amides is 1. The smallest absolute Gasteiger partial charge is 0.339 e. The minimum Gasteiger partial charge on any atom is -0.449 e. The molecule has 2 aromatic carbocycles. The molecular formula is C26H28N2O3. The van der Waals surface area contributed by atoms with Crippen LogP contribution in [-0.2, 0) is 22.4 Å². The summed E-state index contributed by atoms with van der Waals surface area (Å²) in [5, 5.41) is 3.69. The van der Waals surface area contributed by atoms with Gasteiger partial charge in [-0.2, -0.15) is 0 Å². The number of esters is 1. The van der Waals surface area contributed by atoms with Crippen molar-refractivity contribution in [1.29, 1.82) is 0 Å². The van der Waals surface area contributed by atoms with Crippen LogP contribution in [0, 0.1) is 19.8 Å². The van der Waals surface area contributed by atoms with Gasteiger partial charge in [0.2, 0.25) is 0 Å². The van der Waals surface area contributed by atoms with Gasteiger partial charge in [-0.05, 0) is 68.7 Å². The van der Waals surface area contributed by atoms with E-state index in [0.29, 0.717) is 11.5 Å². The fraction of sp³-hybridized carbons (Fsp3) is 0.346. The molecule has 4 rings (SSSR count). The minimum absolute atomic E-state index is 0.341. The van der Waals surface area contributed by atoms with E-state index in [1.807, 2.05) is 56.3 Å². The van der Waals surface area contributed by atoms with E-state index in [1.165, 1.54) is 0 Å².